The molecule has 2 aliphatic rings. The van der Waals surface area contributed by atoms with Gasteiger partial charge < -0.3 is 0 Å². The standard InChI is InChI=1S/C20H40.C7H10/c1-3-5-7-9-11-13-15-17-19-20-18-16-14-12-10-8-6-4-2;1-2-7-4-3-6(1)5-7/h3H,1,4-20H2,2H3;1-2,6-7H,3-5H2. The average molecular weight is 375 g/mol. The van der Waals surface area contributed by atoms with Gasteiger partial charge >= 0.3 is 0 Å². The highest BCUT2D eigenvalue weighted by atomic mass is 14.3. The minimum Gasteiger partial charge on any atom is -0.103 e. The van der Waals surface area contributed by atoms with Gasteiger partial charge in [-0.1, -0.05) is 121 Å². The molecule has 0 heterocycles. The number of allylic oxidation sites excluding steroid dienone is 3. The summed E-state index contributed by atoms with van der Waals surface area (Å²) in [6.07, 6.45) is 35.6. The van der Waals surface area contributed by atoms with E-state index in [1.54, 1.807) is 0 Å². The van der Waals surface area contributed by atoms with Crippen LogP contribution < -0.4 is 0 Å². The van der Waals surface area contributed by atoms with Crippen LogP contribution in [0.1, 0.15) is 135 Å². The van der Waals surface area contributed by atoms with E-state index >= 15 is 0 Å². The molecule has 158 valence electrons. The lowest BCUT2D eigenvalue weighted by Gasteiger charge is -2.03. The van der Waals surface area contributed by atoms with Gasteiger partial charge in [0.05, 0.1) is 0 Å². The van der Waals surface area contributed by atoms with E-state index in [0.29, 0.717) is 0 Å². The molecule has 2 unspecified atom stereocenters. The third-order valence-corrected chi connectivity index (χ3v) is 6.43. The van der Waals surface area contributed by atoms with Gasteiger partial charge in [-0.05, 0) is 43.9 Å². The summed E-state index contributed by atoms with van der Waals surface area (Å²) in [6.45, 7) is 6.06. The Kier molecular flexibility index (Phi) is 17.1. The van der Waals surface area contributed by atoms with Crippen molar-refractivity contribution >= 4 is 0 Å². The van der Waals surface area contributed by atoms with Crippen LogP contribution in [0, 0.1) is 11.8 Å². The van der Waals surface area contributed by atoms with Gasteiger partial charge in [-0.2, -0.15) is 0 Å². The predicted molar refractivity (Wildman–Crippen MR) is 124 cm³/mol. The van der Waals surface area contributed by atoms with Crippen molar-refractivity contribution in [1.82, 2.24) is 0 Å². The van der Waals surface area contributed by atoms with Gasteiger partial charge in [-0.3, -0.25) is 0 Å². The lowest BCUT2D eigenvalue weighted by molar-refractivity contribution is 0.530. The highest BCUT2D eigenvalue weighted by Crippen LogP contribution is 2.38. The molecule has 27 heavy (non-hydrogen) atoms. The normalized spacial score (nSPS) is 19.9. The minimum atomic E-state index is 0.991. The van der Waals surface area contributed by atoms with Crippen LogP contribution in [0.2, 0.25) is 0 Å². The first-order valence-electron chi connectivity index (χ1n) is 12.7. The molecule has 0 heteroatoms. The molecule has 0 aliphatic heterocycles. The zero-order chi connectivity index (χ0) is 19.4. The Morgan fingerprint density at radius 1 is 0.630 bits per heavy atom. The molecule has 0 nitrogen and oxygen atoms in total. The minimum absolute atomic E-state index is 0.991. The number of hydrogen-bond acceptors (Lipinski definition) is 0. The van der Waals surface area contributed by atoms with E-state index in [9.17, 15) is 0 Å². The monoisotopic (exact) mass is 374 g/mol. The third kappa shape index (κ3) is 15.1. The topological polar surface area (TPSA) is 0 Å². The summed E-state index contributed by atoms with van der Waals surface area (Å²) in [6, 6.07) is 0. The van der Waals surface area contributed by atoms with Crippen molar-refractivity contribution in [1.29, 1.82) is 0 Å². The lowest BCUT2D eigenvalue weighted by Crippen LogP contribution is -1.83. The quantitative estimate of drug-likeness (QED) is 0.175. The molecule has 2 atom stereocenters. The van der Waals surface area contributed by atoms with E-state index in [-0.39, 0.29) is 0 Å². The van der Waals surface area contributed by atoms with Crippen molar-refractivity contribution in [3.8, 4) is 0 Å². The summed E-state index contributed by atoms with van der Waals surface area (Å²) in [5.74, 6) is 1.98. The molecule has 1 fully saturated rings. The fourth-order valence-corrected chi connectivity index (χ4v) is 4.55. The molecular formula is C27H50. The first-order chi connectivity index (χ1) is 13.4. The maximum Gasteiger partial charge on any atom is -0.0228 e. The number of unbranched alkanes of at least 4 members (excludes halogenated alkanes) is 16. The second-order valence-electron chi connectivity index (χ2n) is 9.10. The third-order valence-electron chi connectivity index (χ3n) is 6.43. The molecule has 0 aromatic rings. The van der Waals surface area contributed by atoms with Crippen LogP contribution in [0.3, 0.4) is 0 Å². The van der Waals surface area contributed by atoms with E-state index in [1.807, 2.05) is 6.08 Å². The van der Waals surface area contributed by atoms with Gasteiger partial charge in [0.1, 0.15) is 0 Å². The van der Waals surface area contributed by atoms with Crippen LogP contribution >= 0.6 is 0 Å². The molecule has 0 saturated heterocycles. The average Bonchev–Trinajstić information content (AvgIpc) is 3.34. The Bertz CT molecular complexity index is 328. The van der Waals surface area contributed by atoms with E-state index < -0.39 is 0 Å². The summed E-state index contributed by atoms with van der Waals surface area (Å²) < 4.78 is 0. The van der Waals surface area contributed by atoms with Crippen molar-refractivity contribution in [3.05, 3.63) is 24.8 Å². The van der Waals surface area contributed by atoms with E-state index in [4.69, 9.17) is 0 Å². The van der Waals surface area contributed by atoms with Crippen LogP contribution in [0.15, 0.2) is 24.8 Å². The maximum atomic E-state index is 3.77. The first-order valence-corrected chi connectivity index (χ1v) is 12.7. The maximum absolute atomic E-state index is 3.77. The van der Waals surface area contributed by atoms with Gasteiger partial charge in [0.15, 0.2) is 0 Å². The smallest absolute Gasteiger partial charge is 0.0228 e. The molecule has 1 saturated carbocycles. The molecule has 0 aromatic heterocycles. The van der Waals surface area contributed by atoms with Crippen molar-refractivity contribution in [2.24, 2.45) is 11.8 Å². The van der Waals surface area contributed by atoms with Crippen LogP contribution in [0.25, 0.3) is 0 Å². The second kappa shape index (κ2) is 18.8. The highest BCUT2D eigenvalue weighted by molar-refractivity contribution is 5.06. The summed E-state index contributed by atoms with van der Waals surface area (Å²) in [4.78, 5) is 0. The Balaban J connectivity index is 0.000000420. The Morgan fingerprint density at radius 3 is 1.26 bits per heavy atom. The fraction of sp³-hybridized carbons (Fsp3) is 0.852. The van der Waals surface area contributed by atoms with Crippen molar-refractivity contribution < 1.29 is 0 Å². The zero-order valence-corrected chi connectivity index (χ0v) is 18.7. The summed E-state index contributed by atoms with van der Waals surface area (Å²) in [5.41, 5.74) is 0. The molecule has 0 N–H and O–H groups in total. The number of hydrogen-bond donors (Lipinski definition) is 0. The molecular weight excluding hydrogens is 324 g/mol. The summed E-state index contributed by atoms with van der Waals surface area (Å²) in [7, 11) is 0. The lowest BCUT2D eigenvalue weighted by atomic mass is 10.0. The largest absolute Gasteiger partial charge is 0.103 e. The first kappa shape index (κ1) is 24.5. The molecule has 2 rings (SSSR count). The van der Waals surface area contributed by atoms with Crippen molar-refractivity contribution in [3.63, 3.8) is 0 Å². The van der Waals surface area contributed by atoms with Crippen LogP contribution in [0.4, 0.5) is 0 Å². The molecule has 0 amide bonds. The predicted octanol–water partition coefficient (Wildman–Crippen LogP) is 9.80. The molecule has 0 aromatic carbocycles. The Labute approximate surface area is 172 Å². The van der Waals surface area contributed by atoms with Crippen LogP contribution in [-0.2, 0) is 0 Å². The van der Waals surface area contributed by atoms with Crippen molar-refractivity contribution in [2.75, 3.05) is 0 Å². The summed E-state index contributed by atoms with van der Waals surface area (Å²) in [5, 5.41) is 0. The molecule has 2 aliphatic carbocycles. The summed E-state index contributed by atoms with van der Waals surface area (Å²) >= 11 is 0. The van der Waals surface area contributed by atoms with Gasteiger partial charge in [0, 0.05) is 0 Å². The zero-order valence-electron chi connectivity index (χ0n) is 18.7. The van der Waals surface area contributed by atoms with Gasteiger partial charge in [0.2, 0.25) is 0 Å². The second-order valence-corrected chi connectivity index (χ2v) is 9.10. The highest BCUT2D eigenvalue weighted by Gasteiger charge is 2.25. The number of fused-ring (bicyclic) bond motifs is 2. The molecule has 0 radical (unpaired) electrons. The van der Waals surface area contributed by atoms with E-state index in [2.05, 4.69) is 25.7 Å². The SMILES string of the molecule is C1=CC2CCC1C2.C=CCCCCCCCCCCCCCCCCCC. The van der Waals surface area contributed by atoms with Gasteiger partial charge in [0.25, 0.3) is 0 Å². The number of rotatable bonds is 17. The van der Waals surface area contributed by atoms with Crippen LogP contribution in [-0.4, -0.2) is 0 Å². The van der Waals surface area contributed by atoms with Crippen molar-refractivity contribution in [2.45, 2.75) is 135 Å². The van der Waals surface area contributed by atoms with E-state index in [1.165, 1.54) is 128 Å². The Hall–Kier alpha value is -0.520. The fourth-order valence-electron chi connectivity index (χ4n) is 4.55. The van der Waals surface area contributed by atoms with Crippen LogP contribution in [0.5, 0.6) is 0 Å². The van der Waals surface area contributed by atoms with Gasteiger partial charge in [-0.15, -0.1) is 6.58 Å². The van der Waals surface area contributed by atoms with Gasteiger partial charge in [-0.25, -0.2) is 0 Å². The molecule has 0 spiro atoms. The van der Waals surface area contributed by atoms with E-state index in [0.717, 1.165) is 11.8 Å². The Morgan fingerprint density at radius 2 is 1.00 bits per heavy atom. The molecule has 2 bridgehead atoms.